The van der Waals surface area contributed by atoms with Crippen molar-refractivity contribution < 1.29 is 13.2 Å². The van der Waals surface area contributed by atoms with Crippen LogP contribution < -0.4 is 4.74 Å². The molecule has 0 amide bonds. The SMILES string of the molecule is C=C(C)COc1ccc(S(=O)(=O)Cl)cc1C(C)C. The second-order valence-corrected chi connectivity index (χ2v) is 7.10. The summed E-state index contributed by atoms with van der Waals surface area (Å²) in [7, 11) is 1.62. The fraction of sp³-hybridized carbons (Fsp3) is 0.385. The van der Waals surface area contributed by atoms with Crippen molar-refractivity contribution in [2.45, 2.75) is 31.6 Å². The van der Waals surface area contributed by atoms with Crippen molar-refractivity contribution in [2.24, 2.45) is 0 Å². The van der Waals surface area contributed by atoms with Crippen molar-refractivity contribution in [3.8, 4) is 5.75 Å². The third-order valence-corrected chi connectivity index (χ3v) is 3.71. The molecule has 5 heteroatoms. The van der Waals surface area contributed by atoms with Gasteiger partial charge in [-0.15, -0.1) is 0 Å². The number of benzene rings is 1. The molecule has 0 bridgehead atoms. The summed E-state index contributed by atoms with van der Waals surface area (Å²) in [6, 6.07) is 4.64. The van der Waals surface area contributed by atoms with Crippen LogP contribution in [0.1, 0.15) is 32.3 Å². The minimum atomic E-state index is -3.71. The van der Waals surface area contributed by atoms with Gasteiger partial charge in [-0.2, -0.15) is 0 Å². The van der Waals surface area contributed by atoms with Gasteiger partial charge in [0.15, 0.2) is 0 Å². The molecule has 1 aromatic rings. The summed E-state index contributed by atoms with van der Waals surface area (Å²) in [6.07, 6.45) is 0. The van der Waals surface area contributed by atoms with Crippen molar-refractivity contribution in [2.75, 3.05) is 6.61 Å². The molecular formula is C13H17ClO3S. The molecule has 0 saturated carbocycles. The van der Waals surface area contributed by atoms with Crippen LogP contribution in [0.2, 0.25) is 0 Å². The summed E-state index contributed by atoms with van der Waals surface area (Å²) < 4.78 is 28.2. The number of hydrogen-bond acceptors (Lipinski definition) is 3. The summed E-state index contributed by atoms with van der Waals surface area (Å²) in [6.45, 7) is 9.97. The molecule has 0 heterocycles. The topological polar surface area (TPSA) is 43.4 Å². The van der Waals surface area contributed by atoms with E-state index in [1.807, 2.05) is 20.8 Å². The first-order valence-electron chi connectivity index (χ1n) is 5.57. The van der Waals surface area contributed by atoms with Crippen LogP contribution in [0, 0.1) is 0 Å². The van der Waals surface area contributed by atoms with Gasteiger partial charge in [-0.1, -0.05) is 20.4 Å². The molecule has 0 aliphatic carbocycles. The Morgan fingerprint density at radius 2 is 2.06 bits per heavy atom. The molecular weight excluding hydrogens is 272 g/mol. The van der Waals surface area contributed by atoms with Crippen LogP contribution in [0.4, 0.5) is 0 Å². The smallest absolute Gasteiger partial charge is 0.261 e. The lowest BCUT2D eigenvalue weighted by molar-refractivity contribution is 0.347. The zero-order chi connectivity index (χ0) is 13.9. The van der Waals surface area contributed by atoms with Gasteiger partial charge in [0, 0.05) is 10.7 Å². The van der Waals surface area contributed by atoms with Crippen LogP contribution >= 0.6 is 10.7 Å². The summed E-state index contributed by atoms with van der Waals surface area (Å²) in [5, 5.41) is 0. The molecule has 18 heavy (non-hydrogen) atoms. The van der Waals surface area contributed by atoms with E-state index in [4.69, 9.17) is 15.4 Å². The van der Waals surface area contributed by atoms with Crippen molar-refractivity contribution in [1.82, 2.24) is 0 Å². The fourth-order valence-corrected chi connectivity index (χ4v) is 2.25. The summed E-state index contributed by atoms with van der Waals surface area (Å²) in [4.78, 5) is 0.0931. The van der Waals surface area contributed by atoms with Gasteiger partial charge in [0.05, 0.1) is 4.90 Å². The van der Waals surface area contributed by atoms with Gasteiger partial charge in [-0.3, -0.25) is 0 Å². The molecule has 0 aliphatic heterocycles. The van der Waals surface area contributed by atoms with E-state index in [0.717, 1.165) is 11.1 Å². The van der Waals surface area contributed by atoms with Gasteiger partial charge in [-0.05, 0) is 42.2 Å². The summed E-state index contributed by atoms with van der Waals surface area (Å²) >= 11 is 0. The van der Waals surface area contributed by atoms with E-state index in [1.165, 1.54) is 6.07 Å². The number of halogens is 1. The van der Waals surface area contributed by atoms with Crippen molar-refractivity contribution in [3.05, 3.63) is 35.9 Å². The Hall–Kier alpha value is -1.00. The summed E-state index contributed by atoms with van der Waals surface area (Å²) in [5.41, 5.74) is 1.72. The highest BCUT2D eigenvalue weighted by Gasteiger charge is 2.15. The maximum absolute atomic E-state index is 11.3. The second kappa shape index (κ2) is 5.76. The van der Waals surface area contributed by atoms with Crippen molar-refractivity contribution in [3.63, 3.8) is 0 Å². The van der Waals surface area contributed by atoms with Crippen molar-refractivity contribution >= 4 is 19.7 Å². The van der Waals surface area contributed by atoms with Gasteiger partial charge >= 0.3 is 0 Å². The number of rotatable bonds is 5. The van der Waals surface area contributed by atoms with E-state index >= 15 is 0 Å². The van der Waals surface area contributed by atoms with Crippen LogP contribution in [-0.2, 0) is 9.05 Å². The Morgan fingerprint density at radius 1 is 1.44 bits per heavy atom. The lowest BCUT2D eigenvalue weighted by atomic mass is 10.0. The molecule has 0 aromatic heterocycles. The number of hydrogen-bond donors (Lipinski definition) is 0. The summed E-state index contributed by atoms with van der Waals surface area (Å²) in [5.74, 6) is 0.806. The molecule has 0 N–H and O–H groups in total. The highest BCUT2D eigenvalue weighted by molar-refractivity contribution is 8.13. The highest BCUT2D eigenvalue weighted by atomic mass is 35.7. The van der Waals surface area contributed by atoms with E-state index < -0.39 is 9.05 Å². The predicted octanol–water partition coefficient (Wildman–Crippen LogP) is 3.69. The Bertz CT molecular complexity index is 547. The Morgan fingerprint density at radius 3 is 2.50 bits per heavy atom. The third-order valence-electron chi connectivity index (χ3n) is 2.36. The molecule has 0 radical (unpaired) electrons. The van der Waals surface area contributed by atoms with Crippen LogP contribution in [0.15, 0.2) is 35.2 Å². The lowest BCUT2D eigenvalue weighted by Crippen LogP contribution is -2.03. The average molecular weight is 289 g/mol. The van der Waals surface area contributed by atoms with Gasteiger partial charge in [-0.25, -0.2) is 8.42 Å². The van der Waals surface area contributed by atoms with Crippen LogP contribution in [0.25, 0.3) is 0 Å². The van der Waals surface area contributed by atoms with E-state index in [-0.39, 0.29) is 10.8 Å². The molecule has 0 spiro atoms. The third kappa shape index (κ3) is 4.03. The monoisotopic (exact) mass is 288 g/mol. The Labute approximate surface area is 113 Å². The minimum absolute atomic E-state index is 0.0931. The van der Waals surface area contributed by atoms with Gasteiger partial charge < -0.3 is 4.74 Å². The first kappa shape index (κ1) is 15.1. The molecule has 0 fully saturated rings. The normalized spacial score (nSPS) is 11.6. The Balaban J connectivity index is 3.17. The largest absolute Gasteiger partial charge is 0.489 e. The van der Waals surface area contributed by atoms with Crippen LogP contribution in [0.5, 0.6) is 5.75 Å². The quantitative estimate of drug-likeness (QED) is 0.613. The molecule has 1 aromatic carbocycles. The highest BCUT2D eigenvalue weighted by Crippen LogP contribution is 2.30. The molecule has 0 atom stereocenters. The van der Waals surface area contributed by atoms with E-state index in [1.54, 1.807) is 12.1 Å². The zero-order valence-corrected chi connectivity index (χ0v) is 12.3. The minimum Gasteiger partial charge on any atom is -0.489 e. The maximum atomic E-state index is 11.3. The average Bonchev–Trinajstić information content (AvgIpc) is 2.24. The molecule has 100 valence electrons. The van der Waals surface area contributed by atoms with Crippen molar-refractivity contribution in [1.29, 1.82) is 0 Å². The zero-order valence-electron chi connectivity index (χ0n) is 10.7. The van der Waals surface area contributed by atoms with E-state index in [2.05, 4.69) is 6.58 Å². The van der Waals surface area contributed by atoms with E-state index in [9.17, 15) is 8.42 Å². The first-order valence-corrected chi connectivity index (χ1v) is 7.88. The molecule has 0 saturated heterocycles. The molecule has 0 unspecified atom stereocenters. The van der Waals surface area contributed by atoms with Gasteiger partial charge in [0.1, 0.15) is 12.4 Å². The fourth-order valence-electron chi connectivity index (χ4n) is 1.46. The van der Waals surface area contributed by atoms with Crippen LogP contribution in [0.3, 0.4) is 0 Å². The predicted molar refractivity (Wildman–Crippen MR) is 73.9 cm³/mol. The number of ether oxygens (including phenoxy) is 1. The molecule has 1 rings (SSSR count). The van der Waals surface area contributed by atoms with Gasteiger partial charge in [0.25, 0.3) is 9.05 Å². The first-order chi connectivity index (χ1) is 8.21. The van der Waals surface area contributed by atoms with Crippen LogP contribution in [-0.4, -0.2) is 15.0 Å². The molecule has 3 nitrogen and oxygen atoms in total. The maximum Gasteiger partial charge on any atom is 0.261 e. The van der Waals surface area contributed by atoms with Gasteiger partial charge in [0.2, 0.25) is 0 Å². The second-order valence-electron chi connectivity index (χ2n) is 4.54. The molecule has 0 aliphatic rings. The standard InChI is InChI=1S/C13H17ClO3S/c1-9(2)8-17-13-6-5-11(18(14,15)16)7-12(13)10(3)4/h5-7,10H,1,8H2,2-4H3. The lowest BCUT2D eigenvalue weighted by Gasteiger charge is -2.15. The van der Waals surface area contributed by atoms with E-state index in [0.29, 0.717) is 12.4 Å². The Kier molecular flexibility index (Phi) is 4.82.